The van der Waals surface area contributed by atoms with Gasteiger partial charge in [0.2, 0.25) is 5.91 Å². The number of hydrogen-bond donors (Lipinski definition) is 1. The van der Waals surface area contributed by atoms with Crippen LogP contribution in [-0.2, 0) is 14.4 Å². The van der Waals surface area contributed by atoms with E-state index in [0.29, 0.717) is 25.5 Å². The van der Waals surface area contributed by atoms with Crippen molar-refractivity contribution >= 4 is 11.8 Å². The van der Waals surface area contributed by atoms with Crippen molar-refractivity contribution < 1.29 is 14.4 Å². The molecular formula is C12H22N2O3. The SMILES string of the molecule is CC(C)CONC(=O)CN1CCCCCC1=O. The lowest BCUT2D eigenvalue weighted by Crippen LogP contribution is -2.40. The average Bonchev–Trinajstić information content (AvgIpc) is 2.44. The van der Waals surface area contributed by atoms with Gasteiger partial charge in [0.25, 0.3) is 5.91 Å². The Morgan fingerprint density at radius 1 is 1.41 bits per heavy atom. The van der Waals surface area contributed by atoms with Crippen LogP contribution in [0.4, 0.5) is 0 Å². The molecule has 2 amide bonds. The Morgan fingerprint density at radius 2 is 2.18 bits per heavy atom. The summed E-state index contributed by atoms with van der Waals surface area (Å²) in [5, 5.41) is 0. The highest BCUT2D eigenvalue weighted by atomic mass is 16.6. The summed E-state index contributed by atoms with van der Waals surface area (Å²) < 4.78 is 0. The molecule has 1 N–H and O–H groups in total. The number of likely N-dealkylation sites (tertiary alicyclic amines) is 1. The molecule has 1 rings (SSSR count). The third kappa shape index (κ3) is 5.68. The van der Waals surface area contributed by atoms with Gasteiger partial charge in [-0.3, -0.25) is 14.4 Å². The minimum atomic E-state index is -0.249. The standard InChI is InChI=1S/C12H22N2O3/c1-10(2)9-17-13-11(15)8-14-7-5-3-4-6-12(14)16/h10H,3-9H2,1-2H3,(H,13,15). The Labute approximate surface area is 102 Å². The number of hydroxylamine groups is 1. The maximum atomic E-state index is 11.6. The van der Waals surface area contributed by atoms with Crippen molar-refractivity contribution in [2.24, 2.45) is 5.92 Å². The maximum absolute atomic E-state index is 11.6. The van der Waals surface area contributed by atoms with Crippen molar-refractivity contribution in [2.45, 2.75) is 39.5 Å². The fourth-order valence-corrected chi connectivity index (χ4v) is 1.70. The van der Waals surface area contributed by atoms with Gasteiger partial charge in [-0.1, -0.05) is 20.3 Å². The molecule has 0 aromatic heterocycles. The number of nitrogens with one attached hydrogen (secondary N) is 1. The monoisotopic (exact) mass is 242 g/mol. The molecule has 0 saturated carbocycles. The van der Waals surface area contributed by atoms with Gasteiger partial charge >= 0.3 is 0 Å². The molecule has 0 unspecified atom stereocenters. The third-order valence-electron chi connectivity index (χ3n) is 2.61. The van der Waals surface area contributed by atoms with Gasteiger partial charge in [0.05, 0.1) is 6.61 Å². The van der Waals surface area contributed by atoms with E-state index in [-0.39, 0.29) is 18.4 Å². The molecule has 1 fully saturated rings. The van der Waals surface area contributed by atoms with Crippen LogP contribution in [0.2, 0.25) is 0 Å². The van der Waals surface area contributed by atoms with Crippen molar-refractivity contribution in [2.75, 3.05) is 19.7 Å². The number of rotatable bonds is 5. The lowest BCUT2D eigenvalue weighted by atomic mass is 10.2. The van der Waals surface area contributed by atoms with E-state index >= 15 is 0 Å². The lowest BCUT2D eigenvalue weighted by molar-refractivity contribution is -0.141. The van der Waals surface area contributed by atoms with Gasteiger partial charge in [-0.25, -0.2) is 5.48 Å². The summed E-state index contributed by atoms with van der Waals surface area (Å²) in [6.45, 7) is 5.28. The Bertz CT molecular complexity index is 266. The average molecular weight is 242 g/mol. The van der Waals surface area contributed by atoms with Crippen molar-refractivity contribution in [3.63, 3.8) is 0 Å². The molecular weight excluding hydrogens is 220 g/mol. The van der Waals surface area contributed by atoms with Crippen molar-refractivity contribution in [1.82, 2.24) is 10.4 Å². The fraction of sp³-hybridized carbons (Fsp3) is 0.833. The first-order valence-electron chi connectivity index (χ1n) is 6.28. The van der Waals surface area contributed by atoms with Gasteiger partial charge in [-0.15, -0.1) is 0 Å². The number of amides is 2. The van der Waals surface area contributed by atoms with Gasteiger partial charge in [0.1, 0.15) is 6.54 Å². The highest BCUT2D eigenvalue weighted by molar-refractivity contribution is 5.84. The van der Waals surface area contributed by atoms with Crippen LogP contribution < -0.4 is 5.48 Å². The van der Waals surface area contributed by atoms with Crippen LogP contribution in [0.15, 0.2) is 0 Å². The van der Waals surface area contributed by atoms with Gasteiger partial charge in [-0.05, 0) is 18.8 Å². The Hall–Kier alpha value is -1.10. The summed E-state index contributed by atoms with van der Waals surface area (Å²) in [5.74, 6) is 0.192. The molecule has 0 aromatic rings. The number of carbonyl (C=O) groups is 2. The topological polar surface area (TPSA) is 58.6 Å². The van der Waals surface area contributed by atoms with E-state index < -0.39 is 0 Å². The predicted octanol–water partition coefficient (Wildman–Crippen LogP) is 1.09. The van der Waals surface area contributed by atoms with Crippen LogP contribution in [0, 0.1) is 5.92 Å². The molecule has 1 saturated heterocycles. The Kier molecular flexibility index (Phi) is 5.97. The van der Waals surface area contributed by atoms with Gasteiger partial charge in [-0.2, -0.15) is 0 Å². The molecule has 1 aliphatic heterocycles. The van der Waals surface area contributed by atoms with E-state index in [1.54, 1.807) is 4.90 Å². The van der Waals surface area contributed by atoms with Crippen LogP contribution in [0.1, 0.15) is 39.5 Å². The molecule has 0 spiro atoms. The summed E-state index contributed by atoms with van der Waals surface area (Å²) in [4.78, 5) is 29.8. The van der Waals surface area contributed by atoms with E-state index in [0.717, 1.165) is 19.3 Å². The molecule has 0 bridgehead atoms. The van der Waals surface area contributed by atoms with E-state index in [1.165, 1.54) is 0 Å². The lowest BCUT2D eigenvalue weighted by Gasteiger charge is -2.19. The first-order chi connectivity index (χ1) is 8.09. The summed E-state index contributed by atoms with van der Waals surface area (Å²) in [6.07, 6.45) is 3.53. The van der Waals surface area contributed by atoms with E-state index in [9.17, 15) is 9.59 Å². The van der Waals surface area contributed by atoms with Gasteiger partial charge < -0.3 is 4.90 Å². The molecule has 1 heterocycles. The third-order valence-corrected chi connectivity index (χ3v) is 2.61. The first-order valence-corrected chi connectivity index (χ1v) is 6.28. The zero-order chi connectivity index (χ0) is 12.7. The Morgan fingerprint density at radius 3 is 2.88 bits per heavy atom. The largest absolute Gasteiger partial charge is 0.333 e. The van der Waals surface area contributed by atoms with E-state index in [1.807, 2.05) is 13.8 Å². The molecule has 0 aliphatic carbocycles. The van der Waals surface area contributed by atoms with Crippen LogP contribution in [0.3, 0.4) is 0 Å². The zero-order valence-electron chi connectivity index (χ0n) is 10.7. The molecule has 0 aromatic carbocycles. The quantitative estimate of drug-likeness (QED) is 0.734. The Balaban J connectivity index is 2.26. The van der Waals surface area contributed by atoms with Gasteiger partial charge in [0.15, 0.2) is 0 Å². The second kappa shape index (κ2) is 7.27. The molecule has 5 heteroatoms. The molecule has 1 aliphatic rings. The second-order valence-corrected chi connectivity index (χ2v) is 4.86. The summed E-state index contributed by atoms with van der Waals surface area (Å²) in [7, 11) is 0. The van der Waals surface area contributed by atoms with E-state index in [2.05, 4.69) is 5.48 Å². The number of hydrogen-bond acceptors (Lipinski definition) is 3. The molecule has 98 valence electrons. The van der Waals surface area contributed by atoms with E-state index in [4.69, 9.17) is 4.84 Å². The summed E-state index contributed by atoms with van der Waals surface area (Å²) in [5.41, 5.74) is 2.37. The zero-order valence-corrected chi connectivity index (χ0v) is 10.7. The summed E-state index contributed by atoms with van der Waals surface area (Å²) in [6, 6.07) is 0. The molecule has 0 radical (unpaired) electrons. The van der Waals surface area contributed by atoms with Crippen molar-refractivity contribution in [1.29, 1.82) is 0 Å². The smallest absolute Gasteiger partial charge is 0.263 e. The summed E-state index contributed by atoms with van der Waals surface area (Å²) >= 11 is 0. The second-order valence-electron chi connectivity index (χ2n) is 4.86. The maximum Gasteiger partial charge on any atom is 0.263 e. The fourth-order valence-electron chi connectivity index (χ4n) is 1.70. The van der Waals surface area contributed by atoms with Crippen LogP contribution >= 0.6 is 0 Å². The van der Waals surface area contributed by atoms with Crippen LogP contribution in [0.25, 0.3) is 0 Å². The van der Waals surface area contributed by atoms with Crippen molar-refractivity contribution in [3.05, 3.63) is 0 Å². The molecule has 0 atom stereocenters. The van der Waals surface area contributed by atoms with Crippen molar-refractivity contribution in [3.8, 4) is 0 Å². The minimum absolute atomic E-state index is 0.0708. The molecule has 5 nitrogen and oxygen atoms in total. The number of carbonyl (C=O) groups excluding carboxylic acids is 2. The number of nitrogens with zero attached hydrogens (tertiary/aromatic N) is 1. The first kappa shape index (κ1) is 14.0. The van der Waals surface area contributed by atoms with Crippen LogP contribution in [0.5, 0.6) is 0 Å². The predicted molar refractivity (Wildman–Crippen MR) is 64.0 cm³/mol. The van der Waals surface area contributed by atoms with Crippen LogP contribution in [-0.4, -0.2) is 36.4 Å². The normalized spacial score (nSPS) is 17.1. The highest BCUT2D eigenvalue weighted by Gasteiger charge is 2.19. The van der Waals surface area contributed by atoms with Gasteiger partial charge in [0, 0.05) is 13.0 Å². The minimum Gasteiger partial charge on any atom is -0.333 e. The highest BCUT2D eigenvalue weighted by Crippen LogP contribution is 2.10. The molecule has 17 heavy (non-hydrogen) atoms.